The molecule has 88 valence electrons. The van der Waals surface area contributed by atoms with Crippen LogP contribution in [0.4, 0.5) is 13.2 Å². The summed E-state index contributed by atoms with van der Waals surface area (Å²) in [5.74, 6) is -2.41. The summed E-state index contributed by atoms with van der Waals surface area (Å²) in [5.41, 5.74) is 4.99. The van der Waals surface area contributed by atoms with Gasteiger partial charge in [-0.25, -0.2) is 0 Å². The largest absolute Gasteiger partial charge is 0.480 e. The summed E-state index contributed by atoms with van der Waals surface area (Å²) in [4.78, 5) is 21.5. The average Bonchev–Trinajstić information content (AvgIpc) is 1.99. The predicted molar refractivity (Wildman–Crippen MR) is 43.9 cm³/mol. The van der Waals surface area contributed by atoms with Gasteiger partial charge in [-0.05, 0) is 0 Å². The number of carbonyl (C=O) groups is 2. The smallest absolute Gasteiger partial charge is 0.406 e. The van der Waals surface area contributed by atoms with Gasteiger partial charge in [-0.2, -0.15) is 13.2 Å². The molecule has 0 bridgehead atoms. The van der Waals surface area contributed by atoms with E-state index in [0.29, 0.717) is 0 Å². The molecule has 3 N–H and O–H groups in total. The molecule has 8 heteroatoms. The van der Waals surface area contributed by atoms with Gasteiger partial charge in [0.1, 0.15) is 13.1 Å². The summed E-state index contributed by atoms with van der Waals surface area (Å²) in [7, 11) is 0. The van der Waals surface area contributed by atoms with Gasteiger partial charge in [0.05, 0.1) is 0 Å². The second-order valence-corrected chi connectivity index (χ2v) is 2.80. The minimum absolute atomic E-state index is 0.118. The van der Waals surface area contributed by atoms with E-state index in [1.165, 1.54) is 0 Å². The van der Waals surface area contributed by atoms with Crippen molar-refractivity contribution in [3.05, 3.63) is 0 Å². The van der Waals surface area contributed by atoms with E-state index < -0.39 is 31.1 Å². The summed E-state index contributed by atoms with van der Waals surface area (Å²) in [6.07, 6.45) is -4.91. The van der Waals surface area contributed by atoms with Crippen LogP contribution < -0.4 is 5.73 Å². The molecule has 0 aromatic carbocycles. The number of amides is 1. The van der Waals surface area contributed by atoms with E-state index in [2.05, 4.69) is 0 Å². The first-order chi connectivity index (χ1) is 6.76. The van der Waals surface area contributed by atoms with Crippen LogP contribution in [0.3, 0.4) is 0 Å². The molecular weight excluding hydrogens is 217 g/mol. The lowest BCUT2D eigenvalue weighted by molar-refractivity contribution is -0.165. The third-order valence-electron chi connectivity index (χ3n) is 1.41. The lowest BCUT2D eigenvalue weighted by atomic mass is 10.3. The van der Waals surface area contributed by atoms with Crippen molar-refractivity contribution >= 4 is 11.9 Å². The molecule has 0 aliphatic rings. The molecule has 0 atom stereocenters. The van der Waals surface area contributed by atoms with E-state index in [0.717, 1.165) is 0 Å². The fraction of sp³-hybridized carbons (Fsp3) is 0.714. The number of nitrogens with zero attached hydrogens (tertiary/aromatic N) is 1. The molecule has 0 aliphatic carbocycles. The number of rotatable bonds is 5. The molecule has 15 heavy (non-hydrogen) atoms. The van der Waals surface area contributed by atoms with Crippen molar-refractivity contribution in [2.45, 2.75) is 12.6 Å². The summed E-state index contributed by atoms with van der Waals surface area (Å²) in [6, 6.07) is 0. The second kappa shape index (κ2) is 5.54. The standard InChI is InChI=1S/C7H11F3N2O3/c8-7(9,10)4-12(3-6(14)15)5(13)1-2-11/h1-4,11H2,(H,14,15). The highest BCUT2D eigenvalue weighted by Gasteiger charge is 2.33. The molecule has 5 nitrogen and oxygen atoms in total. The summed E-state index contributed by atoms with van der Waals surface area (Å²) in [5, 5.41) is 8.31. The zero-order valence-electron chi connectivity index (χ0n) is 7.75. The molecule has 0 spiro atoms. The Morgan fingerprint density at radius 3 is 2.20 bits per heavy atom. The van der Waals surface area contributed by atoms with Crippen LogP contribution >= 0.6 is 0 Å². The number of hydrogen-bond donors (Lipinski definition) is 2. The summed E-state index contributed by atoms with van der Waals surface area (Å²) in [6.45, 7) is -2.66. The maximum absolute atomic E-state index is 11.9. The van der Waals surface area contributed by atoms with Crippen molar-refractivity contribution in [3.63, 3.8) is 0 Å². The van der Waals surface area contributed by atoms with Gasteiger partial charge in [-0.1, -0.05) is 0 Å². The average molecular weight is 228 g/mol. The maximum Gasteiger partial charge on any atom is 0.406 e. The Balaban J connectivity index is 4.44. The van der Waals surface area contributed by atoms with Gasteiger partial charge < -0.3 is 15.7 Å². The topological polar surface area (TPSA) is 83.6 Å². The van der Waals surface area contributed by atoms with Crippen molar-refractivity contribution in [1.82, 2.24) is 4.90 Å². The number of nitrogens with two attached hydrogens (primary N) is 1. The molecule has 0 heterocycles. The molecule has 1 amide bonds. The fourth-order valence-corrected chi connectivity index (χ4v) is 0.894. The van der Waals surface area contributed by atoms with Crippen molar-refractivity contribution in [2.24, 2.45) is 5.73 Å². The molecule has 0 saturated heterocycles. The first-order valence-corrected chi connectivity index (χ1v) is 4.02. The molecular formula is C7H11F3N2O3. The van der Waals surface area contributed by atoms with E-state index in [9.17, 15) is 22.8 Å². The van der Waals surface area contributed by atoms with Crippen LogP contribution in [-0.2, 0) is 9.59 Å². The molecule has 0 aromatic rings. The lowest BCUT2D eigenvalue weighted by Gasteiger charge is -2.21. The number of alkyl halides is 3. The van der Waals surface area contributed by atoms with Gasteiger partial charge in [-0.3, -0.25) is 9.59 Å². The third-order valence-corrected chi connectivity index (χ3v) is 1.41. The van der Waals surface area contributed by atoms with Gasteiger partial charge in [0, 0.05) is 13.0 Å². The highest BCUT2D eigenvalue weighted by atomic mass is 19.4. The predicted octanol–water partition coefficient (Wildman–Crippen LogP) is -0.189. The minimum atomic E-state index is -4.61. The van der Waals surface area contributed by atoms with Gasteiger partial charge in [-0.15, -0.1) is 0 Å². The first-order valence-electron chi connectivity index (χ1n) is 4.02. The van der Waals surface area contributed by atoms with E-state index in [-0.39, 0.29) is 17.9 Å². The Labute approximate surface area is 83.6 Å². The zero-order chi connectivity index (χ0) is 12.1. The number of carboxylic acids is 1. The molecule has 0 aromatic heterocycles. The Kier molecular flexibility index (Phi) is 5.06. The summed E-state index contributed by atoms with van der Waals surface area (Å²) < 4.78 is 35.8. The van der Waals surface area contributed by atoms with Crippen LogP contribution in [-0.4, -0.2) is 47.7 Å². The van der Waals surface area contributed by atoms with Crippen LogP contribution in [0.1, 0.15) is 6.42 Å². The van der Waals surface area contributed by atoms with Crippen molar-refractivity contribution in [1.29, 1.82) is 0 Å². The number of carboxylic acid groups (broad SMARTS) is 1. The van der Waals surface area contributed by atoms with Crippen molar-refractivity contribution < 1.29 is 27.9 Å². The quantitative estimate of drug-likeness (QED) is 0.683. The number of carbonyl (C=O) groups excluding carboxylic acids is 1. The highest BCUT2D eigenvalue weighted by Crippen LogP contribution is 2.16. The molecule has 0 aliphatic heterocycles. The Morgan fingerprint density at radius 2 is 1.87 bits per heavy atom. The van der Waals surface area contributed by atoms with E-state index in [1.54, 1.807) is 0 Å². The first kappa shape index (κ1) is 13.7. The van der Waals surface area contributed by atoms with Crippen LogP contribution in [0.15, 0.2) is 0 Å². The Hall–Kier alpha value is -1.31. The third kappa shape index (κ3) is 6.72. The number of halogens is 3. The van der Waals surface area contributed by atoms with E-state index >= 15 is 0 Å². The minimum Gasteiger partial charge on any atom is -0.480 e. The van der Waals surface area contributed by atoms with Gasteiger partial charge in [0.15, 0.2) is 0 Å². The van der Waals surface area contributed by atoms with Crippen molar-refractivity contribution in [3.8, 4) is 0 Å². The number of hydrogen-bond acceptors (Lipinski definition) is 3. The lowest BCUT2D eigenvalue weighted by Crippen LogP contribution is -2.42. The van der Waals surface area contributed by atoms with Gasteiger partial charge >= 0.3 is 12.1 Å². The molecule has 0 fully saturated rings. The number of aliphatic carboxylic acids is 1. The molecule has 0 saturated carbocycles. The highest BCUT2D eigenvalue weighted by molar-refractivity contribution is 5.81. The monoisotopic (exact) mass is 228 g/mol. The van der Waals surface area contributed by atoms with E-state index in [1.807, 2.05) is 0 Å². The van der Waals surface area contributed by atoms with Gasteiger partial charge in [0.25, 0.3) is 0 Å². The van der Waals surface area contributed by atoms with Gasteiger partial charge in [0.2, 0.25) is 5.91 Å². The van der Waals surface area contributed by atoms with Crippen LogP contribution in [0, 0.1) is 0 Å². The van der Waals surface area contributed by atoms with E-state index in [4.69, 9.17) is 10.8 Å². The normalized spacial score (nSPS) is 11.2. The van der Waals surface area contributed by atoms with Crippen LogP contribution in [0.2, 0.25) is 0 Å². The van der Waals surface area contributed by atoms with Crippen LogP contribution in [0.25, 0.3) is 0 Å². The van der Waals surface area contributed by atoms with Crippen LogP contribution in [0.5, 0.6) is 0 Å². The molecule has 0 radical (unpaired) electrons. The Morgan fingerprint density at radius 1 is 1.33 bits per heavy atom. The SMILES string of the molecule is NCCC(=O)N(CC(=O)O)CC(F)(F)F. The zero-order valence-corrected chi connectivity index (χ0v) is 7.75. The molecule has 0 rings (SSSR count). The molecule has 0 unspecified atom stereocenters. The maximum atomic E-state index is 11.9. The Bertz CT molecular complexity index is 242. The van der Waals surface area contributed by atoms with Crippen molar-refractivity contribution in [2.75, 3.05) is 19.6 Å². The summed E-state index contributed by atoms with van der Waals surface area (Å²) >= 11 is 0. The fourth-order valence-electron chi connectivity index (χ4n) is 0.894. The second-order valence-electron chi connectivity index (χ2n) is 2.80.